The van der Waals surface area contributed by atoms with E-state index in [1.54, 1.807) is 13.2 Å². The van der Waals surface area contributed by atoms with Gasteiger partial charge in [-0.2, -0.15) is 0 Å². The molecule has 2 aromatic rings. The minimum Gasteiger partial charge on any atom is -0.496 e. The SMILES string of the molecule is COc1ccc(C)cc1CC(O)CSc1cccc(F)c1. The molecule has 0 heterocycles. The van der Waals surface area contributed by atoms with E-state index in [1.807, 2.05) is 31.2 Å². The number of benzene rings is 2. The van der Waals surface area contributed by atoms with E-state index in [2.05, 4.69) is 0 Å². The van der Waals surface area contributed by atoms with Gasteiger partial charge in [-0.05, 0) is 36.8 Å². The van der Waals surface area contributed by atoms with E-state index in [0.29, 0.717) is 12.2 Å². The Morgan fingerprint density at radius 2 is 2.05 bits per heavy atom. The lowest BCUT2D eigenvalue weighted by Crippen LogP contribution is -2.14. The van der Waals surface area contributed by atoms with E-state index < -0.39 is 6.10 Å². The molecule has 0 aliphatic heterocycles. The second-order valence-electron chi connectivity index (χ2n) is 4.94. The number of aryl methyl sites for hydroxylation is 1. The van der Waals surface area contributed by atoms with Crippen molar-refractivity contribution in [2.24, 2.45) is 0 Å². The Balaban J connectivity index is 1.95. The first-order chi connectivity index (χ1) is 10.1. The average molecular weight is 306 g/mol. The van der Waals surface area contributed by atoms with Crippen molar-refractivity contribution in [3.05, 3.63) is 59.4 Å². The molecule has 0 aliphatic rings. The van der Waals surface area contributed by atoms with Gasteiger partial charge in [0.2, 0.25) is 0 Å². The number of rotatable bonds is 6. The van der Waals surface area contributed by atoms with Crippen LogP contribution in [0.15, 0.2) is 47.4 Å². The number of methoxy groups -OCH3 is 1. The highest BCUT2D eigenvalue weighted by atomic mass is 32.2. The highest BCUT2D eigenvalue weighted by molar-refractivity contribution is 7.99. The molecule has 2 aromatic carbocycles. The van der Waals surface area contributed by atoms with Gasteiger partial charge >= 0.3 is 0 Å². The van der Waals surface area contributed by atoms with Gasteiger partial charge in [-0.25, -0.2) is 4.39 Å². The molecule has 112 valence electrons. The van der Waals surface area contributed by atoms with Crippen LogP contribution in [0, 0.1) is 12.7 Å². The minimum atomic E-state index is -0.506. The number of ether oxygens (including phenoxy) is 1. The summed E-state index contributed by atoms with van der Waals surface area (Å²) in [4.78, 5) is 0.824. The van der Waals surface area contributed by atoms with Gasteiger partial charge in [-0.15, -0.1) is 11.8 Å². The normalized spacial score (nSPS) is 12.2. The third kappa shape index (κ3) is 4.76. The lowest BCUT2D eigenvalue weighted by Gasteiger charge is -2.14. The van der Waals surface area contributed by atoms with Gasteiger partial charge in [-0.1, -0.05) is 23.8 Å². The molecule has 0 aromatic heterocycles. The number of thioether (sulfide) groups is 1. The summed E-state index contributed by atoms with van der Waals surface area (Å²) < 4.78 is 18.4. The maximum absolute atomic E-state index is 13.1. The van der Waals surface area contributed by atoms with Gasteiger partial charge in [-0.3, -0.25) is 0 Å². The van der Waals surface area contributed by atoms with Gasteiger partial charge in [0.1, 0.15) is 11.6 Å². The van der Waals surface area contributed by atoms with Crippen LogP contribution in [-0.4, -0.2) is 24.1 Å². The second kappa shape index (κ2) is 7.48. The van der Waals surface area contributed by atoms with Crippen LogP contribution in [0.5, 0.6) is 5.75 Å². The Kier molecular flexibility index (Phi) is 5.65. The predicted molar refractivity (Wildman–Crippen MR) is 84.6 cm³/mol. The fourth-order valence-corrected chi connectivity index (χ4v) is 3.00. The molecule has 0 spiro atoms. The molecule has 21 heavy (non-hydrogen) atoms. The summed E-state index contributed by atoms with van der Waals surface area (Å²) in [5.74, 6) is 1.05. The first-order valence-corrected chi connectivity index (χ1v) is 7.77. The van der Waals surface area contributed by atoms with E-state index in [-0.39, 0.29) is 5.82 Å². The van der Waals surface area contributed by atoms with Crippen molar-refractivity contribution in [2.45, 2.75) is 24.3 Å². The zero-order valence-corrected chi connectivity index (χ0v) is 13.0. The molecule has 1 atom stereocenters. The third-order valence-corrected chi connectivity index (χ3v) is 4.27. The Morgan fingerprint density at radius 3 is 2.76 bits per heavy atom. The van der Waals surface area contributed by atoms with E-state index in [4.69, 9.17) is 4.74 Å². The van der Waals surface area contributed by atoms with Gasteiger partial charge in [0.15, 0.2) is 0 Å². The number of halogens is 1. The van der Waals surface area contributed by atoms with Crippen molar-refractivity contribution in [3.8, 4) is 5.75 Å². The number of aliphatic hydroxyl groups is 1. The predicted octanol–water partition coefficient (Wildman–Crippen LogP) is 3.84. The molecule has 0 amide bonds. The topological polar surface area (TPSA) is 29.5 Å². The molecule has 2 nitrogen and oxygen atoms in total. The highest BCUT2D eigenvalue weighted by Crippen LogP contribution is 2.24. The van der Waals surface area contributed by atoms with Crippen LogP contribution < -0.4 is 4.74 Å². The van der Waals surface area contributed by atoms with Crippen molar-refractivity contribution < 1.29 is 14.2 Å². The van der Waals surface area contributed by atoms with Crippen LogP contribution >= 0.6 is 11.8 Å². The van der Waals surface area contributed by atoms with Crippen LogP contribution in [0.4, 0.5) is 4.39 Å². The smallest absolute Gasteiger partial charge is 0.124 e. The fraction of sp³-hybridized carbons (Fsp3) is 0.294. The minimum absolute atomic E-state index is 0.255. The first kappa shape index (κ1) is 15.9. The highest BCUT2D eigenvalue weighted by Gasteiger charge is 2.11. The van der Waals surface area contributed by atoms with Crippen molar-refractivity contribution in [1.29, 1.82) is 0 Å². The molecule has 0 saturated heterocycles. The molecule has 1 unspecified atom stereocenters. The van der Waals surface area contributed by atoms with E-state index in [0.717, 1.165) is 21.8 Å². The van der Waals surface area contributed by atoms with E-state index in [9.17, 15) is 9.50 Å². The van der Waals surface area contributed by atoms with Crippen LogP contribution in [-0.2, 0) is 6.42 Å². The van der Waals surface area contributed by atoms with Gasteiger partial charge in [0.25, 0.3) is 0 Å². The zero-order valence-electron chi connectivity index (χ0n) is 12.2. The second-order valence-corrected chi connectivity index (χ2v) is 6.04. The molecule has 0 bridgehead atoms. The molecule has 0 aliphatic carbocycles. The molecule has 2 rings (SSSR count). The molecule has 0 fully saturated rings. The number of hydrogen-bond acceptors (Lipinski definition) is 3. The first-order valence-electron chi connectivity index (χ1n) is 6.78. The summed E-state index contributed by atoms with van der Waals surface area (Å²) in [5, 5.41) is 10.2. The maximum Gasteiger partial charge on any atom is 0.124 e. The average Bonchev–Trinajstić information content (AvgIpc) is 2.45. The summed E-state index contributed by atoms with van der Waals surface area (Å²) in [6.45, 7) is 2.01. The largest absolute Gasteiger partial charge is 0.496 e. The van der Waals surface area contributed by atoms with Crippen LogP contribution in [0.3, 0.4) is 0 Å². The molecule has 4 heteroatoms. The van der Waals surface area contributed by atoms with Crippen LogP contribution in [0.1, 0.15) is 11.1 Å². The Morgan fingerprint density at radius 1 is 1.24 bits per heavy atom. The summed E-state index contributed by atoms with van der Waals surface area (Å²) in [5.41, 5.74) is 2.13. The van der Waals surface area contributed by atoms with Crippen molar-refractivity contribution >= 4 is 11.8 Å². The molecule has 0 radical (unpaired) electrons. The van der Waals surface area contributed by atoms with Gasteiger partial charge < -0.3 is 9.84 Å². The molecular weight excluding hydrogens is 287 g/mol. The lowest BCUT2D eigenvalue weighted by atomic mass is 10.0. The third-order valence-electron chi connectivity index (χ3n) is 3.13. The Hall–Kier alpha value is -1.52. The number of hydrogen-bond donors (Lipinski definition) is 1. The summed E-state index contributed by atoms with van der Waals surface area (Å²) >= 11 is 1.45. The molecule has 0 saturated carbocycles. The number of aliphatic hydroxyl groups excluding tert-OH is 1. The van der Waals surface area contributed by atoms with Crippen LogP contribution in [0.25, 0.3) is 0 Å². The van der Waals surface area contributed by atoms with E-state index >= 15 is 0 Å². The van der Waals surface area contributed by atoms with Crippen LogP contribution in [0.2, 0.25) is 0 Å². The van der Waals surface area contributed by atoms with E-state index in [1.165, 1.54) is 23.9 Å². The van der Waals surface area contributed by atoms with Gasteiger partial charge in [0, 0.05) is 17.1 Å². The van der Waals surface area contributed by atoms with Gasteiger partial charge in [0.05, 0.1) is 13.2 Å². The summed E-state index contributed by atoms with van der Waals surface area (Å²) in [6.07, 6.45) is 0.0154. The fourth-order valence-electron chi connectivity index (χ4n) is 2.13. The quantitative estimate of drug-likeness (QED) is 0.822. The summed E-state index contributed by atoms with van der Waals surface area (Å²) in [7, 11) is 1.63. The standard InChI is InChI=1S/C17H19FO2S/c1-12-6-7-17(20-2)13(8-12)9-15(19)11-21-16-5-3-4-14(18)10-16/h3-8,10,15,19H,9,11H2,1-2H3. The van der Waals surface area contributed by atoms with Crippen molar-refractivity contribution in [3.63, 3.8) is 0 Å². The lowest BCUT2D eigenvalue weighted by molar-refractivity contribution is 0.198. The Labute approximate surface area is 129 Å². The zero-order chi connectivity index (χ0) is 15.2. The maximum atomic E-state index is 13.1. The summed E-state index contributed by atoms with van der Waals surface area (Å²) in [6, 6.07) is 12.3. The molecular formula is C17H19FO2S. The monoisotopic (exact) mass is 306 g/mol. The van der Waals surface area contributed by atoms with Crippen molar-refractivity contribution in [1.82, 2.24) is 0 Å². The molecule has 1 N–H and O–H groups in total. The Bertz CT molecular complexity index is 601. The van der Waals surface area contributed by atoms with Crippen molar-refractivity contribution in [2.75, 3.05) is 12.9 Å².